The molecule has 1 fully saturated rings. The summed E-state index contributed by atoms with van der Waals surface area (Å²) in [5.74, 6) is 1.33. The van der Waals surface area contributed by atoms with Crippen molar-refractivity contribution in [1.29, 1.82) is 0 Å². The van der Waals surface area contributed by atoms with E-state index in [1.54, 1.807) is 0 Å². The minimum atomic E-state index is -4.57. The lowest BCUT2D eigenvalue weighted by atomic mass is 10.1. The molecular weight excluding hydrogens is 497 g/mol. The number of hydrogen-bond donors (Lipinski definition) is 1. The fraction of sp³-hybridized carbons (Fsp3) is 0.333. The highest BCUT2D eigenvalue weighted by Crippen LogP contribution is 2.36. The highest BCUT2D eigenvalue weighted by atomic mass is 19.4. The molecule has 1 saturated heterocycles. The van der Waals surface area contributed by atoms with Crippen LogP contribution in [-0.2, 0) is 12.6 Å². The number of amides is 2. The van der Waals surface area contributed by atoms with Gasteiger partial charge in [-0.05, 0) is 25.0 Å². The lowest BCUT2D eigenvalue weighted by Gasteiger charge is -2.24. The third kappa shape index (κ3) is 5.27. The van der Waals surface area contributed by atoms with Gasteiger partial charge in [-0.2, -0.15) is 18.2 Å². The number of anilines is 2. The van der Waals surface area contributed by atoms with Gasteiger partial charge in [-0.25, -0.2) is 9.78 Å². The summed E-state index contributed by atoms with van der Waals surface area (Å²) < 4.78 is 45.8. The molecule has 0 radical (unpaired) electrons. The topological polar surface area (TPSA) is 87.4 Å². The van der Waals surface area contributed by atoms with Gasteiger partial charge in [0, 0.05) is 38.2 Å². The molecule has 1 aliphatic rings. The van der Waals surface area contributed by atoms with Gasteiger partial charge in [-0.3, -0.25) is 0 Å². The van der Waals surface area contributed by atoms with Gasteiger partial charge in [0.2, 0.25) is 0 Å². The molecule has 2 aromatic carbocycles. The number of benzene rings is 2. The first-order valence-electron chi connectivity index (χ1n) is 12.5. The van der Waals surface area contributed by atoms with Crippen LogP contribution in [0.5, 0.6) is 0 Å². The van der Waals surface area contributed by atoms with Gasteiger partial charge in [0.1, 0.15) is 22.7 Å². The van der Waals surface area contributed by atoms with E-state index in [2.05, 4.69) is 20.4 Å². The number of nitrogens with zero attached hydrogens (tertiary/aromatic N) is 5. The number of hydrogen-bond acceptors (Lipinski definition) is 6. The number of para-hydroxylation sites is 1. The van der Waals surface area contributed by atoms with Gasteiger partial charge in [0.15, 0.2) is 0 Å². The Hall–Kier alpha value is -4.15. The first-order chi connectivity index (χ1) is 18.3. The van der Waals surface area contributed by atoms with Crippen molar-refractivity contribution in [3.63, 3.8) is 0 Å². The van der Waals surface area contributed by atoms with Crippen LogP contribution in [0.15, 0.2) is 59.1 Å². The van der Waals surface area contributed by atoms with Crippen LogP contribution in [0.3, 0.4) is 0 Å². The van der Waals surface area contributed by atoms with Gasteiger partial charge >= 0.3 is 12.2 Å². The Balaban J connectivity index is 1.41. The van der Waals surface area contributed by atoms with Crippen LogP contribution in [0.25, 0.3) is 22.4 Å². The summed E-state index contributed by atoms with van der Waals surface area (Å²) in [7, 11) is 0. The van der Waals surface area contributed by atoms with Crippen molar-refractivity contribution in [3.05, 3.63) is 66.0 Å². The van der Waals surface area contributed by atoms with Crippen LogP contribution in [0.4, 0.5) is 29.5 Å². The van der Waals surface area contributed by atoms with Crippen molar-refractivity contribution in [2.24, 2.45) is 0 Å². The molecule has 0 bridgehead atoms. The molecule has 0 unspecified atom stereocenters. The number of nitrogens with one attached hydrogen (secondary N) is 1. The number of rotatable bonds is 5. The lowest BCUT2D eigenvalue weighted by molar-refractivity contribution is -0.136. The van der Waals surface area contributed by atoms with E-state index in [0.717, 1.165) is 18.1 Å². The van der Waals surface area contributed by atoms with E-state index in [-0.39, 0.29) is 5.69 Å². The molecule has 5 rings (SSSR count). The average molecular weight is 525 g/mol. The minimum absolute atomic E-state index is 0.259. The highest BCUT2D eigenvalue weighted by molar-refractivity contribution is 5.98. The molecule has 0 saturated carbocycles. The van der Waals surface area contributed by atoms with Crippen LogP contribution >= 0.6 is 0 Å². The molecule has 0 spiro atoms. The van der Waals surface area contributed by atoms with E-state index in [4.69, 9.17) is 9.51 Å². The predicted octanol–water partition coefficient (Wildman–Crippen LogP) is 6.00. The maximum Gasteiger partial charge on any atom is 0.418 e. The molecule has 2 aromatic heterocycles. The number of aromatic nitrogens is 3. The first-order valence-corrected chi connectivity index (χ1v) is 12.5. The zero-order valence-electron chi connectivity index (χ0n) is 20.8. The van der Waals surface area contributed by atoms with Gasteiger partial charge < -0.3 is 19.6 Å². The average Bonchev–Trinajstić information content (AvgIpc) is 3.17. The zero-order chi connectivity index (χ0) is 26.7. The summed E-state index contributed by atoms with van der Waals surface area (Å²) in [4.78, 5) is 26.0. The van der Waals surface area contributed by atoms with Gasteiger partial charge in [-0.15, -0.1) is 0 Å². The van der Waals surface area contributed by atoms with E-state index in [1.165, 1.54) is 23.1 Å². The van der Waals surface area contributed by atoms with Gasteiger partial charge in [0.25, 0.3) is 5.71 Å². The number of aryl methyl sites for hydroxylation is 1. The summed E-state index contributed by atoms with van der Waals surface area (Å²) in [5, 5.41) is 7.44. The van der Waals surface area contributed by atoms with E-state index >= 15 is 0 Å². The molecule has 1 N–H and O–H groups in total. The lowest BCUT2D eigenvalue weighted by Crippen LogP contribution is -2.38. The quantitative estimate of drug-likeness (QED) is 0.345. The SMILES string of the molecule is CCCc1nc(N2CCCN(C(=O)Nc3ccccc3C(F)(F)F)CC2)c2c(-c3ccccc3)noc2n1. The molecule has 3 heterocycles. The fourth-order valence-electron chi connectivity index (χ4n) is 4.60. The largest absolute Gasteiger partial charge is 0.418 e. The molecule has 38 heavy (non-hydrogen) atoms. The number of fused-ring (bicyclic) bond motifs is 1. The summed E-state index contributed by atoms with van der Waals surface area (Å²) in [6.07, 6.45) is -2.43. The second-order valence-electron chi connectivity index (χ2n) is 9.09. The maximum absolute atomic E-state index is 13.4. The van der Waals surface area contributed by atoms with Crippen molar-refractivity contribution < 1.29 is 22.5 Å². The van der Waals surface area contributed by atoms with Crippen molar-refractivity contribution >= 4 is 28.6 Å². The van der Waals surface area contributed by atoms with Crippen molar-refractivity contribution in [2.75, 3.05) is 36.4 Å². The van der Waals surface area contributed by atoms with E-state index in [1.807, 2.05) is 37.3 Å². The summed E-state index contributed by atoms with van der Waals surface area (Å²) >= 11 is 0. The Morgan fingerprint density at radius 1 is 1.00 bits per heavy atom. The number of halogens is 3. The molecule has 4 aromatic rings. The van der Waals surface area contributed by atoms with Crippen LogP contribution in [0.2, 0.25) is 0 Å². The third-order valence-electron chi connectivity index (χ3n) is 6.44. The normalized spacial score (nSPS) is 14.5. The molecule has 2 amide bonds. The minimum Gasteiger partial charge on any atom is -0.354 e. The zero-order valence-corrected chi connectivity index (χ0v) is 20.8. The molecule has 0 aliphatic carbocycles. The molecule has 198 valence electrons. The number of alkyl halides is 3. The first kappa shape index (κ1) is 25.5. The predicted molar refractivity (Wildman–Crippen MR) is 138 cm³/mol. The Labute approximate surface area is 217 Å². The summed E-state index contributed by atoms with van der Waals surface area (Å²) in [6.45, 7) is 3.77. The van der Waals surface area contributed by atoms with Gasteiger partial charge in [0.05, 0.1) is 11.3 Å². The number of carbonyl (C=O) groups is 1. The molecule has 11 heteroatoms. The molecule has 8 nitrogen and oxygen atoms in total. The third-order valence-corrected chi connectivity index (χ3v) is 6.44. The smallest absolute Gasteiger partial charge is 0.354 e. The summed E-state index contributed by atoms with van der Waals surface area (Å²) in [6, 6.07) is 14.0. The maximum atomic E-state index is 13.4. The Morgan fingerprint density at radius 3 is 2.53 bits per heavy atom. The van der Waals surface area contributed by atoms with Crippen molar-refractivity contribution in [2.45, 2.75) is 32.4 Å². The Morgan fingerprint density at radius 2 is 1.76 bits per heavy atom. The molecule has 1 aliphatic heterocycles. The van der Waals surface area contributed by atoms with Crippen molar-refractivity contribution in [1.82, 2.24) is 20.0 Å². The van der Waals surface area contributed by atoms with E-state index in [9.17, 15) is 18.0 Å². The summed E-state index contributed by atoms with van der Waals surface area (Å²) in [5.41, 5.74) is 0.780. The fourth-order valence-corrected chi connectivity index (χ4v) is 4.60. The van der Waals surface area contributed by atoms with Crippen molar-refractivity contribution in [3.8, 4) is 11.3 Å². The molecular formula is C27H27F3N6O2. The number of urea groups is 1. The second kappa shape index (κ2) is 10.7. The Kier molecular flexibility index (Phi) is 7.17. The van der Waals surface area contributed by atoms with Crippen LogP contribution in [-0.4, -0.2) is 52.2 Å². The Bertz CT molecular complexity index is 1420. The molecule has 0 atom stereocenters. The number of carbonyl (C=O) groups excluding carboxylic acids is 1. The van der Waals surface area contributed by atoms with E-state index in [0.29, 0.717) is 67.5 Å². The monoisotopic (exact) mass is 524 g/mol. The van der Waals surface area contributed by atoms with Crippen LogP contribution in [0.1, 0.15) is 31.2 Å². The second-order valence-corrected chi connectivity index (χ2v) is 9.09. The van der Waals surface area contributed by atoms with Crippen LogP contribution in [0, 0.1) is 0 Å². The standard InChI is InChI=1S/C27H27F3N6O2/c1-2-9-21-32-24(22-23(34-38-25(22)33-21)18-10-4-3-5-11-18)35-14-8-15-36(17-16-35)26(37)31-20-13-7-6-12-19(20)27(28,29)30/h3-7,10-13H,2,8-9,14-17H2,1H3,(H,31,37). The highest BCUT2D eigenvalue weighted by Gasteiger charge is 2.34. The van der Waals surface area contributed by atoms with Crippen LogP contribution < -0.4 is 10.2 Å². The van der Waals surface area contributed by atoms with E-state index < -0.39 is 17.8 Å². The van der Waals surface area contributed by atoms with Gasteiger partial charge in [-0.1, -0.05) is 54.5 Å².